The van der Waals surface area contributed by atoms with Gasteiger partial charge in [0.1, 0.15) is 24.5 Å². The predicted molar refractivity (Wildman–Crippen MR) is 103 cm³/mol. The standard InChI is InChI=1S/C20H27N3O6/c1-13-4-3-5-14(2)18(13)29-12-15(24)11-23-19(26)16(21-20(23)27)10-17(25)22-6-8-28-9-7-22/h3-5,15-16,24H,6-12H2,1-2H3,(H,21,27)/t15-,16-/m0/s1. The van der Waals surface area contributed by atoms with Gasteiger partial charge in [-0.2, -0.15) is 0 Å². The summed E-state index contributed by atoms with van der Waals surface area (Å²) >= 11 is 0. The fourth-order valence-electron chi connectivity index (χ4n) is 3.47. The van der Waals surface area contributed by atoms with Gasteiger partial charge in [-0.1, -0.05) is 18.2 Å². The third-order valence-corrected chi connectivity index (χ3v) is 5.07. The van der Waals surface area contributed by atoms with E-state index in [1.165, 1.54) is 0 Å². The Hall–Kier alpha value is -2.65. The molecule has 0 aliphatic carbocycles. The second-order valence-corrected chi connectivity index (χ2v) is 7.33. The molecule has 2 fully saturated rings. The highest BCUT2D eigenvalue weighted by atomic mass is 16.5. The lowest BCUT2D eigenvalue weighted by molar-refractivity contribution is -0.138. The predicted octanol–water partition coefficient (Wildman–Crippen LogP) is 0.212. The molecule has 2 aliphatic heterocycles. The summed E-state index contributed by atoms with van der Waals surface area (Å²) in [5, 5.41) is 12.8. The molecule has 2 heterocycles. The molecule has 2 aliphatic rings. The van der Waals surface area contributed by atoms with E-state index in [9.17, 15) is 19.5 Å². The van der Waals surface area contributed by atoms with Crippen LogP contribution in [0.2, 0.25) is 0 Å². The van der Waals surface area contributed by atoms with Crippen molar-refractivity contribution in [3.05, 3.63) is 29.3 Å². The Morgan fingerprint density at radius 3 is 2.59 bits per heavy atom. The number of ether oxygens (including phenoxy) is 2. The third-order valence-electron chi connectivity index (χ3n) is 5.07. The minimum Gasteiger partial charge on any atom is -0.490 e. The van der Waals surface area contributed by atoms with Crippen molar-refractivity contribution in [1.29, 1.82) is 0 Å². The number of para-hydroxylation sites is 1. The van der Waals surface area contributed by atoms with Crippen LogP contribution in [-0.2, 0) is 14.3 Å². The highest BCUT2D eigenvalue weighted by Gasteiger charge is 2.40. The number of hydrogen-bond donors (Lipinski definition) is 2. The molecule has 9 nitrogen and oxygen atoms in total. The van der Waals surface area contributed by atoms with Gasteiger partial charge in [-0.15, -0.1) is 0 Å². The zero-order valence-corrected chi connectivity index (χ0v) is 16.7. The SMILES string of the molecule is Cc1cccc(C)c1OC[C@@H](O)CN1C(=O)N[C@@H](CC(=O)N2CCOCC2)C1=O. The molecule has 29 heavy (non-hydrogen) atoms. The van der Waals surface area contributed by atoms with E-state index in [-0.39, 0.29) is 25.5 Å². The molecular formula is C20H27N3O6. The van der Waals surface area contributed by atoms with Crippen LogP contribution in [0.25, 0.3) is 0 Å². The molecule has 158 valence electrons. The van der Waals surface area contributed by atoms with Gasteiger partial charge in [-0.05, 0) is 25.0 Å². The van der Waals surface area contributed by atoms with Crippen LogP contribution in [0.15, 0.2) is 18.2 Å². The van der Waals surface area contributed by atoms with Crippen molar-refractivity contribution in [1.82, 2.24) is 15.1 Å². The maximum absolute atomic E-state index is 12.5. The van der Waals surface area contributed by atoms with Crippen molar-refractivity contribution in [2.24, 2.45) is 0 Å². The second-order valence-electron chi connectivity index (χ2n) is 7.33. The van der Waals surface area contributed by atoms with Crippen LogP contribution >= 0.6 is 0 Å². The number of rotatable bonds is 7. The minimum absolute atomic E-state index is 0.0554. The fraction of sp³-hybridized carbons (Fsp3) is 0.550. The molecule has 2 saturated heterocycles. The van der Waals surface area contributed by atoms with E-state index < -0.39 is 24.1 Å². The lowest BCUT2D eigenvalue weighted by Crippen LogP contribution is -2.44. The quantitative estimate of drug-likeness (QED) is 0.628. The first kappa shape index (κ1) is 21.1. The van der Waals surface area contributed by atoms with Crippen molar-refractivity contribution in [2.45, 2.75) is 32.4 Å². The summed E-state index contributed by atoms with van der Waals surface area (Å²) in [5.74, 6) is -0.0341. The smallest absolute Gasteiger partial charge is 0.324 e. The number of carbonyl (C=O) groups is 3. The normalized spacial score (nSPS) is 20.6. The van der Waals surface area contributed by atoms with E-state index in [4.69, 9.17) is 9.47 Å². The minimum atomic E-state index is -1.04. The molecule has 0 unspecified atom stereocenters. The Morgan fingerprint density at radius 1 is 1.28 bits per heavy atom. The van der Waals surface area contributed by atoms with Crippen molar-refractivity contribution in [3.8, 4) is 5.75 Å². The van der Waals surface area contributed by atoms with Gasteiger partial charge >= 0.3 is 6.03 Å². The lowest BCUT2D eigenvalue weighted by atomic mass is 10.1. The van der Waals surface area contributed by atoms with Crippen LogP contribution in [0, 0.1) is 13.8 Å². The molecule has 3 rings (SSSR count). The van der Waals surface area contributed by atoms with Gasteiger partial charge in [-0.25, -0.2) is 4.79 Å². The van der Waals surface area contributed by atoms with E-state index in [0.29, 0.717) is 32.1 Å². The van der Waals surface area contributed by atoms with E-state index in [0.717, 1.165) is 16.0 Å². The van der Waals surface area contributed by atoms with Gasteiger partial charge in [-0.3, -0.25) is 14.5 Å². The molecule has 0 spiro atoms. The second kappa shape index (κ2) is 9.23. The number of aryl methyl sites for hydroxylation is 2. The van der Waals surface area contributed by atoms with Gasteiger partial charge < -0.3 is 24.8 Å². The Morgan fingerprint density at radius 2 is 1.93 bits per heavy atom. The number of nitrogens with zero attached hydrogens (tertiary/aromatic N) is 2. The monoisotopic (exact) mass is 405 g/mol. The van der Waals surface area contributed by atoms with Crippen molar-refractivity contribution >= 4 is 17.8 Å². The number of aliphatic hydroxyl groups is 1. The lowest BCUT2D eigenvalue weighted by Gasteiger charge is -2.27. The number of imide groups is 1. The summed E-state index contributed by atoms with van der Waals surface area (Å²) in [6.07, 6.45) is -1.15. The summed E-state index contributed by atoms with van der Waals surface area (Å²) in [6.45, 7) is 5.45. The first-order valence-corrected chi connectivity index (χ1v) is 9.71. The van der Waals surface area contributed by atoms with Gasteiger partial charge in [0, 0.05) is 13.1 Å². The van der Waals surface area contributed by atoms with E-state index in [1.54, 1.807) is 4.90 Å². The van der Waals surface area contributed by atoms with E-state index >= 15 is 0 Å². The molecule has 2 atom stereocenters. The Labute approximate surface area is 169 Å². The molecule has 0 bridgehead atoms. The van der Waals surface area contributed by atoms with Crippen LogP contribution in [-0.4, -0.2) is 84.4 Å². The average Bonchev–Trinajstić information content (AvgIpc) is 2.95. The summed E-state index contributed by atoms with van der Waals surface area (Å²) in [6, 6.07) is 4.20. The van der Waals surface area contributed by atoms with Gasteiger partial charge in [0.25, 0.3) is 5.91 Å². The summed E-state index contributed by atoms with van der Waals surface area (Å²) in [7, 11) is 0. The summed E-state index contributed by atoms with van der Waals surface area (Å²) < 4.78 is 10.9. The van der Waals surface area contributed by atoms with Crippen molar-refractivity contribution in [3.63, 3.8) is 0 Å². The molecule has 1 aromatic carbocycles. The number of morpholine rings is 1. The average molecular weight is 405 g/mol. The number of carbonyl (C=O) groups excluding carboxylic acids is 3. The summed E-state index contributed by atoms with van der Waals surface area (Å²) in [4.78, 5) is 39.6. The third kappa shape index (κ3) is 5.04. The molecule has 2 N–H and O–H groups in total. The Balaban J connectivity index is 1.52. The number of benzene rings is 1. The summed E-state index contributed by atoms with van der Waals surface area (Å²) in [5.41, 5.74) is 1.88. The van der Waals surface area contributed by atoms with Gasteiger partial charge in [0.15, 0.2) is 0 Å². The maximum Gasteiger partial charge on any atom is 0.324 e. The molecular weight excluding hydrogens is 378 g/mol. The van der Waals surface area contributed by atoms with E-state index in [1.807, 2.05) is 32.0 Å². The molecule has 0 radical (unpaired) electrons. The largest absolute Gasteiger partial charge is 0.490 e. The number of nitrogens with one attached hydrogen (secondary N) is 1. The van der Waals surface area contributed by atoms with Gasteiger partial charge in [0.05, 0.1) is 26.2 Å². The van der Waals surface area contributed by atoms with Crippen LogP contribution < -0.4 is 10.1 Å². The zero-order chi connectivity index (χ0) is 21.0. The molecule has 0 saturated carbocycles. The number of aliphatic hydroxyl groups excluding tert-OH is 1. The number of urea groups is 1. The Bertz CT molecular complexity index is 757. The van der Waals surface area contributed by atoms with Crippen LogP contribution in [0.4, 0.5) is 4.79 Å². The molecule has 4 amide bonds. The first-order valence-electron chi connectivity index (χ1n) is 9.71. The van der Waals surface area contributed by atoms with Crippen LogP contribution in [0.5, 0.6) is 5.75 Å². The Kier molecular flexibility index (Phi) is 6.71. The molecule has 9 heteroatoms. The number of β-amino-alcohol motifs (C(OH)–C–C–N with tert-alkyl or cyclic N) is 1. The zero-order valence-electron chi connectivity index (χ0n) is 16.7. The topological polar surface area (TPSA) is 108 Å². The maximum atomic E-state index is 12.5. The number of amides is 4. The van der Waals surface area contributed by atoms with Crippen LogP contribution in [0.3, 0.4) is 0 Å². The molecule has 1 aromatic rings. The van der Waals surface area contributed by atoms with Crippen molar-refractivity contribution in [2.75, 3.05) is 39.5 Å². The fourth-order valence-corrected chi connectivity index (χ4v) is 3.47. The van der Waals surface area contributed by atoms with Gasteiger partial charge in [0.2, 0.25) is 5.91 Å². The van der Waals surface area contributed by atoms with E-state index in [2.05, 4.69) is 5.32 Å². The van der Waals surface area contributed by atoms with Crippen LogP contribution in [0.1, 0.15) is 17.5 Å². The highest BCUT2D eigenvalue weighted by molar-refractivity contribution is 6.05. The first-order chi connectivity index (χ1) is 13.9. The molecule has 0 aromatic heterocycles. The van der Waals surface area contributed by atoms with Crippen molar-refractivity contribution < 1.29 is 29.0 Å². The highest BCUT2D eigenvalue weighted by Crippen LogP contribution is 2.22. The number of hydrogen-bond acceptors (Lipinski definition) is 6.